The van der Waals surface area contributed by atoms with E-state index < -0.39 is 0 Å². The summed E-state index contributed by atoms with van der Waals surface area (Å²) in [4.78, 5) is 3.80. The van der Waals surface area contributed by atoms with Gasteiger partial charge in [0, 0.05) is 0 Å². The van der Waals surface area contributed by atoms with Gasteiger partial charge in [-0.05, 0) is 0 Å². The number of hydrogen-bond acceptors (Lipinski definition) is 1. The van der Waals surface area contributed by atoms with E-state index in [4.69, 9.17) is 5.11 Å². The van der Waals surface area contributed by atoms with Crippen LogP contribution in [0.15, 0.2) is 22.6 Å². The van der Waals surface area contributed by atoms with E-state index >= 15 is 0 Å². The van der Waals surface area contributed by atoms with E-state index in [0.717, 1.165) is 0 Å². The Morgan fingerprint density at radius 1 is 1.75 bits per heavy atom. The van der Waals surface area contributed by atoms with Crippen LogP contribution in [0, 0.1) is 0 Å². The molecule has 0 aromatic heterocycles. The Labute approximate surface area is 56.3 Å². The molecule has 0 saturated carbocycles. The molecular weight excluding hydrogens is 167 g/mol. The van der Waals surface area contributed by atoms with Crippen molar-refractivity contribution in [3.63, 3.8) is 0 Å². The first-order valence-electron chi connectivity index (χ1n) is 2.38. The quantitative estimate of drug-likeness (QED) is 0.630. The van der Waals surface area contributed by atoms with E-state index in [0.29, 0.717) is 15.0 Å². The van der Waals surface area contributed by atoms with Crippen LogP contribution in [0.5, 0.6) is 0 Å². The first-order valence-corrected chi connectivity index (χ1v) is 4.36. The molecule has 8 heavy (non-hydrogen) atoms. The predicted molar refractivity (Wildman–Crippen MR) is 36.8 cm³/mol. The molecule has 0 aliphatic carbocycles. The van der Waals surface area contributed by atoms with Crippen LogP contribution >= 0.6 is 0 Å². The molecule has 1 unspecified atom stereocenters. The molecule has 0 fully saturated rings. The van der Waals surface area contributed by atoms with Gasteiger partial charge < -0.3 is 0 Å². The summed E-state index contributed by atoms with van der Waals surface area (Å²) in [5, 5.41) is 8.67. The molecule has 0 spiro atoms. The van der Waals surface area contributed by atoms with Crippen molar-refractivity contribution in [1.82, 2.24) is 0 Å². The average molecular weight is 177 g/mol. The van der Waals surface area contributed by atoms with Crippen LogP contribution in [0.2, 0.25) is 0 Å². The van der Waals surface area contributed by atoms with Gasteiger partial charge in [0.05, 0.1) is 0 Å². The molecule has 0 heterocycles. The van der Waals surface area contributed by atoms with E-state index in [1.54, 1.807) is 13.0 Å². The van der Waals surface area contributed by atoms with Gasteiger partial charge in [0.2, 0.25) is 0 Å². The van der Waals surface area contributed by atoms with E-state index in [9.17, 15) is 0 Å². The van der Waals surface area contributed by atoms with Gasteiger partial charge in [-0.2, -0.15) is 0 Å². The van der Waals surface area contributed by atoms with Crippen molar-refractivity contribution in [2.75, 3.05) is 0 Å². The first-order chi connectivity index (χ1) is 3.77. The summed E-state index contributed by atoms with van der Waals surface area (Å²) in [6.07, 6.45) is 1.46. The molecule has 1 nitrogen and oxygen atoms in total. The maximum atomic E-state index is 8.67. The number of aliphatic hydroxyl groups is 1. The standard InChI is InChI=1S/C6H10OSe/c1-3-8-5-4-6(2)7/h3-7H,1H2,2H3/b5-4-. The summed E-state index contributed by atoms with van der Waals surface area (Å²) < 4.78 is 0. The molecule has 0 rings (SSSR count). The fourth-order valence-corrected chi connectivity index (χ4v) is 1.12. The van der Waals surface area contributed by atoms with Gasteiger partial charge in [0.25, 0.3) is 0 Å². The monoisotopic (exact) mass is 178 g/mol. The van der Waals surface area contributed by atoms with Gasteiger partial charge in [0.1, 0.15) is 0 Å². The molecule has 0 radical (unpaired) electrons. The summed E-state index contributed by atoms with van der Waals surface area (Å²) in [7, 11) is 0. The zero-order chi connectivity index (χ0) is 6.41. The molecule has 0 aliphatic heterocycles. The van der Waals surface area contributed by atoms with E-state index in [1.165, 1.54) is 0 Å². The minimum absolute atomic E-state index is 0.308. The Bertz CT molecular complexity index is 86.5. The van der Waals surface area contributed by atoms with Crippen molar-refractivity contribution >= 4 is 15.0 Å². The topological polar surface area (TPSA) is 20.2 Å². The second-order valence-electron chi connectivity index (χ2n) is 1.37. The van der Waals surface area contributed by atoms with Gasteiger partial charge >= 0.3 is 55.7 Å². The Kier molecular flexibility index (Phi) is 5.08. The van der Waals surface area contributed by atoms with Crippen LogP contribution in [0.4, 0.5) is 0 Å². The van der Waals surface area contributed by atoms with Crippen LogP contribution in [-0.4, -0.2) is 26.2 Å². The minimum atomic E-state index is -0.308. The Morgan fingerprint density at radius 2 is 2.38 bits per heavy atom. The number of hydrogen-bond donors (Lipinski definition) is 1. The Morgan fingerprint density at radius 3 is 2.75 bits per heavy atom. The third-order valence-electron chi connectivity index (χ3n) is 0.532. The average Bonchev–Trinajstić information content (AvgIpc) is 1.66. The molecule has 2 heteroatoms. The van der Waals surface area contributed by atoms with Gasteiger partial charge in [-0.3, -0.25) is 0 Å². The Hall–Kier alpha value is -0.0405. The van der Waals surface area contributed by atoms with Crippen molar-refractivity contribution in [3.8, 4) is 0 Å². The Balaban J connectivity index is 3.19. The molecule has 0 aromatic carbocycles. The molecule has 1 N–H and O–H groups in total. The van der Waals surface area contributed by atoms with Crippen molar-refractivity contribution in [3.05, 3.63) is 22.6 Å². The van der Waals surface area contributed by atoms with E-state index in [1.807, 2.05) is 9.95 Å². The number of aliphatic hydroxyl groups excluding tert-OH is 1. The van der Waals surface area contributed by atoms with Crippen LogP contribution in [0.3, 0.4) is 0 Å². The molecule has 0 aliphatic rings. The molecule has 0 bridgehead atoms. The summed E-state index contributed by atoms with van der Waals surface area (Å²) in [5.74, 6) is 0. The van der Waals surface area contributed by atoms with Gasteiger partial charge in [-0.25, -0.2) is 0 Å². The molecular formula is C6H10OSe. The van der Waals surface area contributed by atoms with Crippen molar-refractivity contribution in [2.45, 2.75) is 13.0 Å². The number of rotatable bonds is 3. The third-order valence-corrected chi connectivity index (χ3v) is 1.60. The van der Waals surface area contributed by atoms with Crippen LogP contribution in [0.1, 0.15) is 6.92 Å². The molecule has 46 valence electrons. The van der Waals surface area contributed by atoms with Gasteiger partial charge in [-0.1, -0.05) is 0 Å². The first kappa shape index (κ1) is 7.96. The molecule has 0 aromatic rings. The van der Waals surface area contributed by atoms with Crippen molar-refractivity contribution < 1.29 is 5.11 Å². The second kappa shape index (κ2) is 5.10. The summed E-state index contributed by atoms with van der Waals surface area (Å²) in [5.41, 5.74) is 0. The zero-order valence-electron chi connectivity index (χ0n) is 4.87. The van der Waals surface area contributed by atoms with Gasteiger partial charge in [0.15, 0.2) is 0 Å². The normalized spacial score (nSPS) is 14.2. The molecule has 0 amide bonds. The third kappa shape index (κ3) is 5.96. The predicted octanol–water partition coefficient (Wildman–Crippen LogP) is 0.729. The second-order valence-corrected chi connectivity index (χ2v) is 3.21. The fourth-order valence-electron chi connectivity index (χ4n) is 0.215. The summed E-state index contributed by atoms with van der Waals surface area (Å²) >= 11 is 0.372. The van der Waals surface area contributed by atoms with Crippen LogP contribution in [-0.2, 0) is 0 Å². The summed E-state index contributed by atoms with van der Waals surface area (Å²) in [6, 6.07) is 0. The van der Waals surface area contributed by atoms with Crippen LogP contribution < -0.4 is 0 Å². The van der Waals surface area contributed by atoms with E-state index in [2.05, 4.69) is 6.58 Å². The van der Waals surface area contributed by atoms with Crippen molar-refractivity contribution in [1.29, 1.82) is 0 Å². The summed E-state index contributed by atoms with van der Waals surface area (Å²) in [6.45, 7) is 5.28. The van der Waals surface area contributed by atoms with E-state index in [-0.39, 0.29) is 6.10 Å². The van der Waals surface area contributed by atoms with Crippen LogP contribution in [0.25, 0.3) is 0 Å². The molecule has 0 saturated heterocycles. The van der Waals surface area contributed by atoms with Gasteiger partial charge in [-0.15, -0.1) is 0 Å². The maximum absolute atomic E-state index is 8.67. The molecule has 1 atom stereocenters. The zero-order valence-corrected chi connectivity index (χ0v) is 6.59. The SMILES string of the molecule is C=C[Se]/C=C\C(C)O. The fraction of sp³-hybridized carbons (Fsp3) is 0.333. The van der Waals surface area contributed by atoms with Crippen molar-refractivity contribution in [2.24, 2.45) is 0 Å².